The van der Waals surface area contributed by atoms with E-state index in [-0.39, 0.29) is 6.04 Å². The van der Waals surface area contributed by atoms with E-state index in [1.165, 1.54) is 16.3 Å². The van der Waals surface area contributed by atoms with Crippen LogP contribution in [0.1, 0.15) is 12.7 Å². The summed E-state index contributed by atoms with van der Waals surface area (Å²) in [4.78, 5) is 7.77. The smallest absolute Gasteiger partial charge is 0.108 e. The Morgan fingerprint density at radius 1 is 1.16 bits per heavy atom. The van der Waals surface area contributed by atoms with E-state index in [1.54, 1.807) is 0 Å². The van der Waals surface area contributed by atoms with Gasteiger partial charge in [-0.15, -0.1) is 0 Å². The molecule has 0 aliphatic carbocycles. The van der Waals surface area contributed by atoms with Crippen molar-refractivity contribution in [1.29, 1.82) is 0 Å². The Morgan fingerprint density at radius 3 is 2.79 bits per heavy atom. The monoisotopic (exact) mass is 251 g/mol. The molecular weight excluding hydrogens is 234 g/mol. The zero-order valence-corrected chi connectivity index (χ0v) is 10.9. The number of hydrogen-bond donors (Lipinski definition) is 2. The summed E-state index contributed by atoms with van der Waals surface area (Å²) >= 11 is 0. The van der Waals surface area contributed by atoms with Gasteiger partial charge in [0.15, 0.2) is 0 Å². The summed E-state index contributed by atoms with van der Waals surface area (Å²) in [6.45, 7) is 1.99. The summed E-state index contributed by atoms with van der Waals surface area (Å²) in [5.41, 5.74) is 8.03. The normalized spacial score (nSPS) is 12.7. The zero-order valence-electron chi connectivity index (χ0n) is 10.9. The SMILES string of the molecule is CC(N)Cc1ncc(-c2cccc3ccccc23)[nH]1. The van der Waals surface area contributed by atoms with Crippen molar-refractivity contribution in [3.05, 3.63) is 54.5 Å². The summed E-state index contributed by atoms with van der Waals surface area (Å²) in [6.07, 6.45) is 2.66. The van der Waals surface area contributed by atoms with Gasteiger partial charge in [0, 0.05) is 18.0 Å². The molecule has 3 nitrogen and oxygen atoms in total. The van der Waals surface area contributed by atoms with E-state index >= 15 is 0 Å². The molecule has 0 aliphatic heterocycles. The highest BCUT2D eigenvalue weighted by Crippen LogP contribution is 2.27. The lowest BCUT2D eigenvalue weighted by Crippen LogP contribution is -2.18. The van der Waals surface area contributed by atoms with Crippen LogP contribution in [0.4, 0.5) is 0 Å². The second kappa shape index (κ2) is 4.86. The van der Waals surface area contributed by atoms with Gasteiger partial charge in [-0.2, -0.15) is 0 Å². The van der Waals surface area contributed by atoms with Crippen LogP contribution in [-0.2, 0) is 6.42 Å². The Balaban J connectivity index is 2.06. The number of fused-ring (bicyclic) bond motifs is 1. The van der Waals surface area contributed by atoms with Gasteiger partial charge in [-0.1, -0.05) is 42.5 Å². The molecule has 0 aliphatic rings. The van der Waals surface area contributed by atoms with Crippen LogP contribution in [0.2, 0.25) is 0 Å². The highest BCUT2D eigenvalue weighted by Gasteiger charge is 2.07. The van der Waals surface area contributed by atoms with E-state index in [9.17, 15) is 0 Å². The van der Waals surface area contributed by atoms with Crippen molar-refractivity contribution in [1.82, 2.24) is 9.97 Å². The molecule has 1 aromatic heterocycles. The summed E-state index contributed by atoms with van der Waals surface area (Å²) < 4.78 is 0. The molecule has 0 spiro atoms. The van der Waals surface area contributed by atoms with Crippen molar-refractivity contribution in [2.75, 3.05) is 0 Å². The van der Waals surface area contributed by atoms with Crippen molar-refractivity contribution in [3.8, 4) is 11.3 Å². The van der Waals surface area contributed by atoms with E-state index in [2.05, 4.69) is 52.4 Å². The lowest BCUT2D eigenvalue weighted by Gasteiger charge is -2.04. The van der Waals surface area contributed by atoms with Crippen LogP contribution in [-0.4, -0.2) is 16.0 Å². The van der Waals surface area contributed by atoms with Crippen LogP contribution in [0.5, 0.6) is 0 Å². The Kier molecular flexibility index (Phi) is 3.05. The molecule has 1 atom stereocenters. The van der Waals surface area contributed by atoms with Crippen LogP contribution in [0.25, 0.3) is 22.0 Å². The summed E-state index contributed by atoms with van der Waals surface area (Å²) in [5.74, 6) is 0.943. The minimum absolute atomic E-state index is 0.117. The van der Waals surface area contributed by atoms with Gasteiger partial charge in [-0.3, -0.25) is 0 Å². The molecule has 0 fully saturated rings. The third-order valence-corrected chi connectivity index (χ3v) is 3.22. The maximum absolute atomic E-state index is 5.80. The quantitative estimate of drug-likeness (QED) is 0.751. The topological polar surface area (TPSA) is 54.7 Å². The predicted molar refractivity (Wildman–Crippen MR) is 78.9 cm³/mol. The summed E-state index contributed by atoms with van der Waals surface area (Å²) in [5, 5.41) is 2.48. The number of rotatable bonds is 3. The standard InChI is InChI=1S/C16H17N3/c1-11(17)9-16-18-10-15(19-16)14-8-4-6-12-5-2-3-7-13(12)14/h2-8,10-11H,9,17H2,1H3,(H,18,19). The fourth-order valence-electron chi connectivity index (χ4n) is 2.37. The number of benzene rings is 2. The van der Waals surface area contributed by atoms with Gasteiger partial charge in [0.25, 0.3) is 0 Å². The van der Waals surface area contributed by atoms with E-state index in [4.69, 9.17) is 5.73 Å². The third-order valence-electron chi connectivity index (χ3n) is 3.22. The molecule has 0 saturated heterocycles. The molecule has 2 aromatic carbocycles. The van der Waals surface area contributed by atoms with Crippen molar-refractivity contribution in [2.45, 2.75) is 19.4 Å². The second-order valence-electron chi connectivity index (χ2n) is 4.95. The number of imidazole rings is 1. The van der Waals surface area contributed by atoms with Crippen LogP contribution in [0.3, 0.4) is 0 Å². The average molecular weight is 251 g/mol. The zero-order chi connectivity index (χ0) is 13.2. The molecule has 19 heavy (non-hydrogen) atoms. The Bertz CT molecular complexity index is 693. The van der Waals surface area contributed by atoms with E-state index in [0.717, 1.165) is 17.9 Å². The number of nitrogens with two attached hydrogens (primary N) is 1. The third kappa shape index (κ3) is 2.37. The number of aromatic nitrogens is 2. The molecule has 3 rings (SSSR count). The fourth-order valence-corrected chi connectivity index (χ4v) is 2.37. The van der Waals surface area contributed by atoms with Gasteiger partial charge in [0.2, 0.25) is 0 Å². The van der Waals surface area contributed by atoms with Crippen molar-refractivity contribution < 1.29 is 0 Å². The average Bonchev–Trinajstić information content (AvgIpc) is 2.85. The predicted octanol–water partition coefficient (Wildman–Crippen LogP) is 3.12. The molecule has 3 N–H and O–H groups in total. The Labute approximate surface area is 112 Å². The molecule has 96 valence electrons. The molecule has 1 unspecified atom stereocenters. The number of nitrogens with zero attached hydrogens (tertiary/aromatic N) is 1. The molecular formula is C16H17N3. The molecule has 1 heterocycles. The first kappa shape index (κ1) is 11.9. The Morgan fingerprint density at radius 2 is 1.95 bits per heavy atom. The van der Waals surface area contributed by atoms with Gasteiger partial charge < -0.3 is 10.7 Å². The van der Waals surface area contributed by atoms with Gasteiger partial charge >= 0.3 is 0 Å². The van der Waals surface area contributed by atoms with Crippen molar-refractivity contribution in [3.63, 3.8) is 0 Å². The maximum atomic E-state index is 5.80. The van der Waals surface area contributed by atoms with Crippen molar-refractivity contribution >= 4 is 10.8 Å². The first-order valence-corrected chi connectivity index (χ1v) is 6.51. The van der Waals surface area contributed by atoms with Crippen LogP contribution in [0, 0.1) is 0 Å². The number of hydrogen-bond acceptors (Lipinski definition) is 2. The number of H-pyrrole nitrogens is 1. The lowest BCUT2D eigenvalue weighted by molar-refractivity contribution is 0.710. The molecule has 0 amide bonds. The van der Waals surface area contributed by atoms with Gasteiger partial charge in [-0.05, 0) is 17.7 Å². The van der Waals surface area contributed by atoms with Crippen LogP contribution >= 0.6 is 0 Å². The maximum Gasteiger partial charge on any atom is 0.108 e. The number of nitrogens with one attached hydrogen (secondary N) is 1. The second-order valence-corrected chi connectivity index (χ2v) is 4.95. The molecule has 0 saturated carbocycles. The van der Waals surface area contributed by atoms with Crippen molar-refractivity contribution in [2.24, 2.45) is 5.73 Å². The molecule has 0 bridgehead atoms. The van der Waals surface area contributed by atoms with Crippen LogP contribution < -0.4 is 5.73 Å². The first-order chi connectivity index (χ1) is 9.24. The van der Waals surface area contributed by atoms with E-state index < -0.39 is 0 Å². The van der Waals surface area contributed by atoms with Gasteiger partial charge in [0.1, 0.15) is 5.82 Å². The molecule has 3 heteroatoms. The molecule has 3 aromatic rings. The minimum Gasteiger partial charge on any atom is -0.342 e. The first-order valence-electron chi connectivity index (χ1n) is 6.51. The van der Waals surface area contributed by atoms with Crippen LogP contribution in [0.15, 0.2) is 48.7 Å². The van der Waals surface area contributed by atoms with Gasteiger partial charge in [-0.25, -0.2) is 4.98 Å². The largest absolute Gasteiger partial charge is 0.342 e. The highest BCUT2D eigenvalue weighted by atomic mass is 14.9. The van der Waals surface area contributed by atoms with Gasteiger partial charge in [0.05, 0.1) is 11.9 Å². The highest BCUT2D eigenvalue weighted by molar-refractivity contribution is 5.95. The van der Waals surface area contributed by atoms with E-state index in [0.29, 0.717) is 0 Å². The number of aromatic amines is 1. The lowest BCUT2D eigenvalue weighted by atomic mass is 10.0. The Hall–Kier alpha value is -2.13. The fraction of sp³-hybridized carbons (Fsp3) is 0.188. The summed E-state index contributed by atoms with van der Waals surface area (Å²) in [7, 11) is 0. The summed E-state index contributed by atoms with van der Waals surface area (Å²) in [6, 6.07) is 14.8. The molecule has 0 radical (unpaired) electrons. The van der Waals surface area contributed by atoms with E-state index in [1.807, 2.05) is 13.1 Å². The minimum atomic E-state index is 0.117.